The number of nitrogens with zero attached hydrogens (tertiary/aromatic N) is 5. The van der Waals surface area contributed by atoms with Crippen molar-refractivity contribution in [1.29, 1.82) is 0 Å². The molecule has 0 amide bonds. The first-order valence-corrected chi connectivity index (χ1v) is 10.1. The smallest absolute Gasteiger partial charge is 0.219 e. The molecule has 1 aromatic carbocycles. The number of phenols is 1. The summed E-state index contributed by atoms with van der Waals surface area (Å²) in [6.07, 6.45) is 4.00. The average molecular weight is 420 g/mol. The minimum atomic E-state index is 0.198. The number of anilines is 2. The van der Waals surface area contributed by atoms with Crippen LogP contribution in [0.1, 0.15) is 11.5 Å². The highest BCUT2D eigenvalue weighted by Crippen LogP contribution is 2.19. The van der Waals surface area contributed by atoms with Gasteiger partial charge in [0.1, 0.15) is 11.6 Å². The number of aromatic nitrogens is 3. The predicted octanol–water partition coefficient (Wildman–Crippen LogP) is 2.48. The molecule has 3 heterocycles. The van der Waals surface area contributed by atoms with Gasteiger partial charge in [-0.2, -0.15) is 10.1 Å². The second-order valence-corrected chi connectivity index (χ2v) is 6.86. The van der Waals surface area contributed by atoms with Crippen LogP contribution in [0.15, 0.2) is 59.8 Å². The summed E-state index contributed by atoms with van der Waals surface area (Å²) < 4.78 is 11.3. The molecule has 4 rings (SSSR count). The number of hydrogen-bond donors (Lipinski definition) is 2. The Hall–Kier alpha value is -3.72. The van der Waals surface area contributed by atoms with E-state index in [4.69, 9.17) is 9.47 Å². The van der Waals surface area contributed by atoms with E-state index >= 15 is 0 Å². The van der Waals surface area contributed by atoms with Gasteiger partial charge >= 0.3 is 0 Å². The third kappa shape index (κ3) is 6.13. The zero-order valence-corrected chi connectivity index (χ0v) is 17.0. The average Bonchev–Trinajstić information content (AvgIpc) is 2.82. The molecule has 0 aliphatic carbocycles. The lowest BCUT2D eigenvalue weighted by atomic mass is 10.3. The van der Waals surface area contributed by atoms with Crippen LogP contribution in [-0.2, 0) is 11.2 Å². The molecule has 31 heavy (non-hydrogen) atoms. The van der Waals surface area contributed by atoms with Crippen LogP contribution in [0.4, 0.5) is 11.5 Å². The minimum absolute atomic E-state index is 0.198. The molecule has 1 aliphatic heterocycles. The first-order chi connectivity index (χ1) is 15.3. The highest BCUT2D eigenvalue weighted by Gasteiger charge is 2.15. The Kier molecular flexibility index (Phi) is 6.86. The van der Waals surface area contributed by atoms with E-state index in [0.29, 0.717) is 37.9 Å². The van der Waals surface area contributed by atoms with E-state index in [9.17, 15) is 5.11 Å². The number of hydrogen-bond acceptors (Lipinski definition) is 9. The van der Waals surface area contributed by atoms with E-state index in [0.717, 1.165) is 30.3 Å². The van der Waals surface area contributed by atoms with Crippen molar-refractivity contribution < 1.29 is 14.6 Å². The van der Waals surface area contributed by atoms with E-state index in [2.05, 4.69) is 30.4 Å². The second-order valence-electron chi connectivity index (χ2n) is 6.86. The standard InChI is InChI=1S/C22H24N6O3/c29-19-6-4-18(5-7-19)27-24-16-20-25-21(28-10-13-30-14-11-28)15-22(26-20)31-12-8-17-3-1-2-9-23-17/h1-7,9,15-16,27,29H,8,10-14H2/b24-16+. The van der Waals surface area contributed by atoms with E-state index < -0.39 is 0 Å². The zero-order chi connectivity index (χ0) is 21.3. The van der Waals surface area contributed by atoms with E-state index in [1.54, 1.807) is 36.7 Å². The molecule has 0 atom stereocenters. The normalized spacial score (nSPS) is 14.0. The van der Waals surface area contributed by atoms with Gasteiger partial charge in [-0.25, -0.2) is 4.98 Å². The maximum atomic E-state index is 9.37. The fraction of sp³-hybridized carbons (Fsp3) is 0.273. The van der Waals surface area contributed by atoms with Gasteiger partial charge in [0.25, 0.3) is 0 Å². The fourth-order valence-electron chi connectivity index (χ4n) is 3.02. The van der Waals surface area contributed by atoms with Crippen LogP contribution >= 0.6 is 0 Å². The summed E-state index contributed by atoms with van der Waals surface area (Å²) in [6, 6.07) is 14.3. The highest BCUT2D eigenvalue weighted by atomic mass is 16.5. The number of pyridine rings is 1. The molecule has 9 nitrogen and oxygen atoms in total. The Morgan fingerprint density at radius 3 is 2.74 bits per heavy atom. The van der Waals surface area contributed by atoms with Crippen LogP contribution in [0.5, 0.6) is 11.6 Å². The Morgan fingerprint density at radius 2 is 1.97 bits per heavy atom. The zero-order valence-electron chi connectivity index (χ0n) is 17.0. The van der Waals surface area contributed by atoms with Crippen LogP contribution in [0.25, 0.3) is 0 Å². The largest absolute Gasteiger partial charge is 0.508 e. The molecule has 2 N–H and O–H groups in total. The molecule has 0 spiro atoms. The first kappa shape index (κ1) is 20.5. The number of phenolic OH excluding ortho intramolecular Hbond substituents is 1. The van der Waals surface area contributed by atoms with Crippen molar-refractivity contribution in [1.82, 2.24) is 15.0 Å². The Bertz CT molecular complexity index is 992. The van der Waals surface area contributed by atoms with Gasteiger partial charge in [-0.05, 0) is 36.4 Å². The van der Waals surface area contributed by atoms with E-state index in [1.807, 2.05) is 24.3 Å². The van der Waals surface area contributed by atoms with Gasteiger partial charge in [0.15, 0.2) is 5.82 Å². The molecule has 0 bridgehead atoms. The summed E-state index contributed by atoms with van der Waals surface area (Å²) in [6.45, 7) is 3.29. The molecule has 1 saturated heterocycles. The molecule has 2 aromatic heterocycles. The lowest BCUT2D eigenvalue weighted by Crippen LogP contribution is -2.37. The molecule has 160 valence electrons. The Balaban J connectivity index is 1.46. The molecule has 1 fully saturated rings. The summed E-state index contributed by atoms with van der Waals surface area (Å²) in [4.78, 5) is 15.5. The number of ether oxygens (including phenoxy) is 2. The van der Waals surface area contributed by atoms with Crippen molar-refractivity contribution in [2.24, 2.45) is 5.10 Å². The van der Waals surface area contributed by atoms with Crippen molar-refractivity contribution in [3.63, 3.8) is 0 Å². The van der Waals surface area contributed by atoms with Gasteiger partial charge in [0.2, 0.25) is 5.88 Å². The van der Waals surface area contributed by atoms with E-state index in [1.165, 1.54) is 0 Å². The molecule has 0 radical (unpaired) electrons. The number of nitrogens with one attached hydrogen (secondary N) is 1. The van der Waals surface area contributed by atoms with Crippen molar-refractivity contribution in [2.45, 2.75) is 6.42 Å². The summed E-state index contributed by atoms with van der Waals surface area (Å²) >= 11 is 0. The van der Waals surface area contributed by atoms with Crippen LogP contribution in [0.3, 0.4) is 0 Å². The SMILES string of the molecule is Oc1ccc(N/N=C/c2nc(OCCc3ccccn3)cc(N3CCOCC3)n2)cc1. The summed E-state index contributed by atoms with van der Waals surface area (Å²) in [5.74, 6) is 1.89. The van der Waals surface area contributed by atoms with Crippen LogP contribution in [0.2, 0.25) is 0 Å². The fourth-order valence-corrected chi connectivity index (χ4v) is 3.02. The van der Waals surface area contributed by atoms with Crippen molar-refractivity contribution >= 4 is 17.7 Å². The molecule has 0 unspecified atom stereocenters. The Labute approximate surface area is 180 Å². The number of benzene rings is 1. The molecule has 0 saturated carbocycles. The maximum absolute atomic E-state index is 9.37. The van der Waals surface area contributed by atoms with Crippen molar-refractivity contribution in [3.05, 3.63) is 66.2 Å². The second kappa shape index (κ2) is 10.4. The van der Waals surface area contributed by atoms with Crippen molar-refractivity contribution in [3.8, 4) is 11.6 Å². The van der Waals surface area contributed by atoms with Crippen LogP contribution < -0.4 is 15.1 Å². The Morgan fingerprint density at radius 1 is 1.13 bits per heavy atom. The predicted molar refractivity (Wildman–Crippen MR) is 118 cm³/mol. The van der Waals surface area contributed by atoms with Crippen LogP contribution in [-0.4, -0.2) is 59.2 Å². The summed E-state index contributed by atoms with van der Waals surface area (Å²) in [5, 5.41) is 13.6. The number of morpholine rings is 1. The first-order valence-electron chi connectivity index (χ1n) is 10.1. The molecular formula is C22H24N6O3. The number of aromatic hydroxyl groups is 1. The molecular weight excluding hydrogens is 396 g/mol. The van der Waals surface area contributed by atoms with Gasteiger partial charge in [-0.15, -0.1) is 0 Å². The lowest BCUT2D eigenvalue weighted by Gasteiger charge is -2.28. The molecule has 1 aliphatic rings. The van der Waals surface area contributed by atoms with Crippen LogP contribution in [0, 0.1) is 0 Å². The lowest BCUT2D eigenvalue weighted by molar-refractivity contribution is 0.122. The monoisotopic (exact) mass is 420 g/mol. The van der Waals surface area contributed by atoms with Crippen molar-refractivity contribution in [2.75, 3.05) is 43.2 Å². The topological polar surface area (TPSA) is 105 Å². The molecule has 9 heteroatoms. The summed E-state index contributed by atoms with van der Waals surface area (Å²) in [5.41, 5.74) is 4.60. The third-order valence-electron chi connectivity index (χ3n) is 4.62. The van der Waals surface area contributed by atoms with Gasteiger partial charge in [-0.3, -0.25) is 10.4 Å². The van der Waals surface area contributed by atoms with Gasteiger partial charge < -0.3 is 19.5 Å². The third-order valence-corrected chi connectivity index (χ3v) is 4.62. The van der Waals surface area contributed by atoms with E-state index in [-0.39, 0.29) is 5.75 Å². The van der Waals surface area contributed by atoms with Gasteiger partial charge in [0.05, 0.1) is 31.7 Å². The quantitative estimate of drug-likeness (QED) is 0.325. The minimum Gasteiger partial charge on any atom is -0.508 e. The van der Waals surface area contributed by atoms with Gasteiger partial charge in [-0.1, -0.05) is 6.07 Å². The number of rotatable bonds is 8. The highest BCUT2D eigenvalue weighted by molar-refractivity contribution is 5.76. The maximum Gasteiger partial charge on any atom is 0.219 e. The van der Waals surface area contributed by atoms with Gasteiger partial charge in [0, 0.05) is 37.5 Å². The summed E-state index contributed by atoms with van der Waals surface area (Å²) in [7, 11) is 0. The molecule has 3 aromatic rings. The number of hydrazone groups is 1.